The maximum atomic E-state index is 11.4. The van der Waals surface area contributed by atoms with Crippen LogP contribution >= 0.6 is 11.3 Å². The second kappa shape index (κ2) is 4.72. The second-order valence-electron chi connectivity index (χ2n) is 4.77. The Kier molecular flexibility index (Phi) is 3.03. The Labute approximate surface area is 120 Å². The topological polar surface area (TPSA) is 53.0 Å². The summed E-state index contributed by atoms with van der Waals surface area (Å²) >= 11 is 1.60. The summed E-state index contributed by atoms with van der Waals surface area (Å²) in [5.74, 6) is -1.17. The van der Waals surface area contributed by atoms with Gasteiger partial charge in [0.2, 0.25) is 0 Å². The summed E-state index contributed by atoms with van der Waals surface area (Å²) in [5.41, 5.74) is 2.55. The average Bonchev–Trinajstić information content (AvgIpc) is 2.84. The van der Waals surface area contributed by atoms with Gasteiger partial charge in [0.25, 0.3) is 0 Å². The van der Waals surface area contributed by atoms with Crippen LogP contribution in [0, 0.1) is 13.8 Å². The Morgan fingerprint density at radius 3 is 2.60 bits per heavy atom. The van der Waals surface area contributed by atoms with E-state index >= 15 is 0 Å². The Morgan fingerprint density at radius 2 is 1.95 bits per heavy atom. The Hall–Kier alpha value is -2.20. The smallest absolute Gasteiger partial charge is 0.0816 e. The number of pyridine rings is 1. The van der Waals surface area contributed by atoms with Crippen molar-refractivity contribution in [2.45, 2.75) is 13.8 Å². The largest absolute Gasteiger partial charge is 0.545 e. The summed E-state index contributed by atoms with van der Waals surface area (Å²) in [7, 11) is 0. The molecule has 0 spiro atoms. The van der Waals surface area contributed by atoms with Gasteiger partial charge in [0, 0.05) is 15.8 Å². The van der Waals surface area contributed by atoms with Gasteiger partial charge in [-0.1, -0.05) is 11.6 Å². The number of carboxylic acid groups (broad SMARTS) is 1. The second-order valence-corrected chi connectivity index (χ2v) is 6.06. The molecule has 0 bridgehead atoms. The first-order chi connectivity index (χ1) is 9.54. The van der Waals surface area contributed by atoms with Crippen LogP contribution in [0.2, 0.25) is 0 Å². The van der Waals surface area contributed by atoms with E-state index in [0.717, 1.165) is 10.4 Å². The quantitative estimate of drug-likeness (QED) is 0.726. The highest BCUT2D eigenvalue weighted by atomic mass is 32.1. The van der Waals surface area contributed by atoms with Crippen LogP contribution in [-0.2, 0) is 0 Å². The van der Waals surface area contributed by atoms with Gasteiger partial charge in [0.1, 0.15) is 0 Å². The van der Waals surface area contributed by atoms with Crippen molar-refractivity contribution in [3.63, 3.8) is 0 Å². The van der Waals surface area contributed by atoms with Gasteiger partial charge in [-0.15, -0.1) is 11.3 Å². The first kappa shape index (κ1) is 12.8. The van der Waals surface area contributed by atoms with Crippen LogP contribution in [0.4, 0.5) is 0 Å². The van der Waals surface area contributed by atoms with Crippen molar-refractivity contribution in [1.82, 2.24) is 4.98 Å². The van der Waals surface area contributed by atoms with E-state index in [2.05, 4.69) is 4.98 Å². The highest BCUT2D eigenvalue weighted by Gasteiger charge is 2.10. The SMILES string of the molecule is Cc1ccc2nc(-c3ccc(C)s3)cc(C(=O)[O-])c2c1. The number of carbonyl (C=O) groups excluding carboxylic acids is 1. The van der Waals surface area contributed by atoms with E-state index in [1.165, 1.54) is 4.88 Å². The van der Waals surface area contributed by atoms with Gasteiger partial charge in [-0.3, -0.25) is 0 Å². The minimum Gasteiger partial charge on any atom is -0.545 e. The van der Waals surface area contributed by atoms with Gasteiger partial charge < -0.3 is 9.90 Å². The van der Waals surface area contributed by atoms with Gasteiger partial charge in [0.15, 0.2) is 0 Å². The molecule has 20 heavy (non-hydrogen) atoms. The molecule has 3 aromatic rings. The standard InChI is InChI=1S/C16H13NO2S/c1-9-3-5-13-11(7-9)12(16(18)19)8-14(17-13)15-6-4-10(2)20-15/h3-8H,1-2H3,(H,18,19)/p-1. The molecule has 3 rings (SSSR count). The summed E-state index contributed by atoms with van der Waals surface area (Å²) in [4.78, 5) is 18.1. The molecule has 0 saturated carbocycles. The zero-order valence-corrected chi connectivity index (χ0v) is 12.0. The molecule has 0 fully saturated rings. The monoisotopic (exact) mass is 282 g/mol. The predicted octanol–water partition coefficient (Wildman–Crippen LogP) is 2.94. The number of fused-ring (bicyclic) bond motifs is 1. The molecular formula is C16H12NO2S-. The first-order valence-electron chi connectivity index (χ1n) is 6.24. The lowest BCUT2D eigenvalue weighted by Gasteiger charge is -2.10. The summed E-state index contributed by atoms with van der Waals surface area (Å²) < 4.78 is 0. The molecule has 3 nitrogen and oxygen atoms in total. The van der Waals surface area contributed by atoms with E-state index in [0.29, 0.717) is 16.6 Å². The Bertz CT molecular complexity index is 820. The Balaban J connectivity index is 2.31. The van der Waals surface area contributed by atoms with Crippen molar-refractivity contribution >= 4 is 28.2 Å². The van der Waals surface area contributed by atoms with Crippen LogP contribution in [0.25, 0.3) is 21.5 Å². The number of aryl methyl sites for hydroxylation is 2. The van der Waals surface area contributed by atoms with Crippen LogP contribution in [-0.4, -0.2) is 11.0 Å². The number of benzene rings is 1. The van der Waals surface area contributed by atoms with Crippen molar-refractivity contribution in [1.29, 1.82) is 0 Å². The molecule has 0 aliphatic rings. The lowest BCUT2D eigenvalue weighted by atomic mass is 10.0. The Morgan fingerprint density at radius 1 is 1.15 bits per heavy atom. The third kappa shape index (κ3) is 2.18. The fraction of sp³-hybridized carbons (Fsp3) is 0.125. The number of carboxylic acids is 1. The minimum absolute atomic E-state index is 0.194. The molecule has 0 aliphatic heterocycles. The number of aromatic nitrogens is 1. The van der Waals surface area contributed by atoms with E-state index in [9.17, 15) is 9.90 Å². The third-order valence-corrected chi connectivity index (χ3v) is 4.20. The van der Waals surface area contributed by atoms with E-state index in [1.54, 1.807) is 17.4 Å². The van der Waals surface area contributed by atoms with Crippen LogP contribution < -0.4 is 5.11 Å². The maximum absolute atomic E-state index is 11.4. The molecule has 4 heteroatoms. The number of rotatable bonds is 2. The molecule has 2 aromatic heterocycles. The van der Waals surface area contributed by atoms with Crippen molar-refractivity contribution in [2.24, 2.45) is 0 Å². The molecule has 0 unspecified atom stereocenters. The van der Waals surface area contributed by atoms with Gasteiger partial charge in [0.05, 0.1) is 22.1 Å². The van der Waals surface area contributed by atoms with Crippen molar-refractivity contribution in [3.8, 4) is 10.6 Å². The van der Waals surface area contributed by atoms with Crippen molar-refractivity contribution in [3.05, 3.63) is 52.4 Å². The van der Waals surface area contributed by atoms with Crippen molar-refractivity contribution < 1.29 is 9.90 Å². The average molecular weight is 282 g/mol. The fourth-order valence-electron chi connectivity index (χ4n) is 2.21. The van der Waals surface area contributed by atoms with Gasteiger partial charge in [-0.2, -0.15) is 0 Å². The summed E-state index contributed by atoms with van der Waals surface area (Å²) in [6.07, 6.45) is 0. The summed E-state index contributed by atoms with van der Waals surface area (Å²) in [6.45, 7) is 3.94. The highest BCUT2D eigenvalue weighted by Crippen LogP contribution is 2.30. The number of carbonyl (C=O) groups is 1. The van der Waals surface area contributed by atoms with Crippen molar-refractivity contribution in [2.75, 3.05) is 0 Å². The van der Waals surface area contributed by atoms with E-state index in [1.807, 2.05) is 44.2 Å². The molecule has 0 amide bonds. The number of hydrogen-bond donors (Lipinski definition) is 0. The van der Waals surface area contributed by atoms with Gasteiger partial charge >= 0.3 is 0 Å². The number of nitrogens with zero attached hydrogens (tertiary/aromatic N) is 1. The molecule has 1 aromatic carbocycles. The predicted molar refractivity (Wildman–Crippen MR) is 78.9 cm³/mol. The first-order valence-corrected chi connectivity index (χ1v) is 7.06. The van der Waals surface area contributed by atoms with E-state index < -0.39 is 5.97 Å². The number of aromatic carboxylic acids is 1. The lowest BCUT2D eigenvalue weighted by molar-refractivity contribution is -0.254. The number of thiophene rings is 1. The lowest BCUT2D eigenvalue weighted by Crippen LogP contribution is -2.22. The number of hydrogen-bond acceptors (Lipinski definition) is 4. The zero-order chi connectivity index (χ0) is 14.3. The van der Waals surface area contributed by atoms with Gasteiger partial charge in [-0.25, -0.2) is 4.98 Å². The summed E-state index contributed by atoms with van der Waals surface area (Å²) in [6, 6.07) is 11.2. The molecule has 2 heterocycles. The normalized spacial score (nSPS) is 10.9. The van der Waals surface area contributed by atoms with E-state index in [4.69, 9.17) is 0 Å². The van der Waals surface area contributed by atoms with Crippen LogP contribution in [0.3, 0.4) is 0 Å². The fourth-order valence-corrected chi connectivity index (χ4v) is 3.04. The minimum atomic E-state index is -1.17. The molecule has 100 valence electrons. The van der Waals surface area contributed by atoms with Crippen LogP contribution in [0.15, 0.2) is 36.4 Å². The molecular weight excluding hydrogens is 270 g/mol. The molecule has 0 radical (unpaired) electrons. The molecule has 0 aliphatic carbocycles. The third-order valence-electron chi connectivity index (χ3n) is 3.18. The zero-order valence-electron chi connectivity index (χ0n) is 11.1. The van der Waals surface area contributed by atoms with Crippen LogP contribution in [0.5, 0.6) is 0 Å². The molecule has 0 saturated heterocycles. The van der Waals surface area contributed by atoms with Gasteiger partial charge in [-0.05, 0) is 44.2 Å². The summed E-state index contributed by atoms with van der Waals surface area (Å²) in [5, 5.41) is 12.0. The molecule has 0 N–H and O–H groups in total. The highest BCUT2D eigenvalue weighted by molar-refractivity contribution is 7.15. The maximum Gasteiger partial charge on any atom is 0.0816 e. The van der Waals surface area contributed by atoms with E-state index in [-0.39, 0.29) is 5.56 Å². The molecule has 0 atom stereocenters. The van der Waals surface area contributed by atoms with Crippen LogP contribution in [0.1, 0.15) is 20.8 Å².